The van der Waals surface area contributed by atoms with Gasteiger partial charge in [0.05, 0.1) is 6.42 Å². The third-order valence-electron chi connectivity index (χ3n) is 3.84. The molecule has 1 fully saturated rings. The van der Waals surface area contributed by atoms with Crippen LogP contribution in [0, 0.1) is 0 Å². The number of rotatable bonds is 5. The normalized spacial score (nSPS) is 18.2. The molecule has 0 amide bonds. The number of Topliss-reactive ketones (excluding diaryl/α,β-unsaturated/α-hetero) is 1. The second-order valence-electron chi connectivity index (χ2n) is 4.92. The van der Waals surface area contributed by atoms with Crippen LogP contribution < -0.4 is 0 Å². The van der Waals surface area contributed by atoms with E-state index in [0.29, 0.717) is 32.5 Å². The van der Waals surface area contributed by atoms with Crippen LogP contribution in [0.15, 0.2) is 18.3 Å². The lowest BCUT2D eigenvalue weighted by atomic mass is 9.87. The summed E-state index contributed by atoms with van der Waals surface area (Å²) in [6.07, 6.45) is 4.40. The van der Waals surface area contributed by atoms with Gasteiger partial charge in [-0.2, -0.15) is 0 Å². The van der Waals surface area contributed by atoms with E-state index >= 15 is 0 Å². The number of aryl methyl sites for hydroxylation is 1. The molecule has 0 aromatic carbocycles. The predicted octanol–water partition coefficient (Wildman–Crippen LogP) is 1.95. The van der Waals surface area contributed by atoms with Gasteiger partial charge in [0.2, 0.25) is 0 Å². The molecule has 0 atom stereocenters. The molecule has 2 heterocycles. The summed E-state index contributed by atoms with van der Waals surface area (Å²) in [5.74, 6) is 0.107. The van der Waals surface area contributed by atoms with E-state index in [9.17, 15) is 4.79 Å². The van der Waals surface area contributed by atoms with E-state index in [4.69, 9.17) is 9.47 Å². The first-order chi connectivity index (χ1) is 9.20. The number of hydrogen-bond donors (Lipinski definition) is 0. The van der Waals surface area contributed by atoms with Gasteiger partial charge < -0.3 is 9.47 Å². The van der Waals surface area contributed by atoms with Gasteiger partial charge in [0.15, 0.2) is 5.78 Å². The minimum Gasteiger partial charge on any atom is -0.381 e. The van der Waals surface area contributed by atoms with Gasteiger partial charge in [-0.05, 0) is 18.1 Å². The number of hydrogen-bond acceptors (Lipinski definition) is 4. The smallest absolute Gasteiger partial charge is 0.170 e. The van der Waals surface area contributed by atoms with Crippen molar-refractivity contribution >= 4 is 5.78 Å². The molecule has 0 aliphatic carbocycles. The van der Waals surface area contributed by atoms with E-state index < -0.39 is 5.60 Å². The standard InChI is InChI=1S/C15H21NO3/c1-3-12-4-5-13(16-11-12)10-14(17)15(18-2)6-8-19-9-7-15/h4-5,11H,3,6-10H2,1-2H3. The molecule has 0 N–H and O–H groups in total. The van der Waals surface area contributed by atoms with Crippen LogP contribution in [0.25, 0.3) is 0 Å². The minimum absolute atomic E-state index is 0.107. The van der Waals surface area contributed by atoms with Crippen LogP contribution in [0.1, 0.15) is 31.0 Å². The Morgan fingerprint density at radius 3 is 2.68 bits per heavy atom. The van der Waals surface area contributed by atoms with Gasteiger partial charge in [0.1, 0.15) is 5.60 Å². The molecule has 1 aromatic heterocycles. The molecule has 0 bridgehead atoms. The van der Waals surface area contributed by atoms with Crippen LogP contribution in [0.4, 0.5) is 0 Å². The van der Waals surface area contributed by atoms with E-state index in [-0.39, 0.29) is 5.78 Å². The molecule has 0 spiro atoms. The van der Waals surface area contributed by atoms with Crippen LogP contribution in [0.5, 0.6) is 0 Å². The molecule has 4 nitrogen and oxygen atoms in total. The van der Waals surface area contributed by atoms with Crippen molar-refractivity contribution in [3.05, 3.63) is 29.6 Å². The highest BCUT2D eigenvalue weighted by atomic mass is 16.5. The Kier molecular flexibility index (Phi) is 4.66. The number of methoxy groups -OCH3 is 1. The number of pyridine rings is 1. The van der Waals surface area contributed by atoms with Gasteiger partial charge in [0.25, 0.3) is 0 Å². The number of carbonyl (C=O) groups is 1. The van der Waals surface area contributed by atoms with Crippen molar-refractivity contribution in [2.24, 2.45) is 0 Å². The van der Waals surface area contributed by atoms with Crippen LogP contribution in [0.2, 0.25) is 0 Å². The molecule has 4 heteroatoms. The summed E-state index contributed by atoms with van der Waals surface area (Å²) in [5, 5.41) is 0. The largest absolute Gasteiger partial charge is 0.381 e. The number of carbonyl (C=O) groups excluding carboxylic acids is 1. The predicted molar refractivity (Wildman–Crippen MR) is 72.1 cm³/mol. The first kappa shape index (κ1) is 14.2. The average molecular weight is 263 g/mol. The molecule has 1 aliphatic rings. The average Bonchev–Trinajstić information content (AvgIpc) is 2.48. The molecular weight excluding hydrogens is 242 g/mol. The molecule has 2 rings (SSSR count). The fourth-order valence-corrected chi connectivity index (χ4v) is 2.39. The Hall–Kier alpha value is -1.26. The Bertz CT molecular complexity index is 422. The van der Waals surface area contributed by atoms with E-state index in [1.165, 1.54) is 5.56 Å². The number of aromatic nitrogens is 1. The van der Waals surface area contributed by atoms with Crippen molar-refractivity contribution in [3.63, 3.8) is 0 Å². The third kappa shape index (κ3) is 3.19. The molecule has 1 aromatic rings. The summed E-state index contributed by atoms with van der Waals surface area (Å²) >= 11 is 0. The highest BCUT2D eigenvalue weighted by Crippen LogP contribution is 2.26. The number of nitrogens with zero attached hydrogens (tertiary/aromatic N) is 1. The Labute approximate surface area is 114 Å². The summed E-state index contributed by atoms with van der Waals surface area (Å²) in [6, 6.07) is 3.96. The zero-order chi connectivity index (χ0) is 13.7. The quantitative estimate of drug-likeness (QED) is 0.814. The number of ether oxygens (including phenoxy) is 2. The van der Waals surface area contributed by atoms with Crippen LogP contribution in [0.3, 0.4) is 0 Å². The summed E-state index contributed by atoms with van der Waals surface area (Å²) in [5.41, 5.74) is 1.32. The first-order valence-corrected chi connectivity index (χ1v) is 6.80. The van der Waals surface area contributed by atoms with Gasteiger partial charge in [-0.15, -0.1) is 0 Å². The Morgan fingerprint density at radius 1 is 1.42 bits per heavy atom. The zero-order valence-corrected chi connectivity index (χ0v) is 11.6. The molecule has 0 unspecified atom stereocenters. The van der Waals surface area contributed by atoms with Crippen molar-refractivity contribution in [1.29, 1.82) is 0 Å². The lowest BCUT2D eigenvalue weighted by molar-refractivity contribution is -0.152. The third-order valence-corrected chi connectivity index (χ3v) is 3.84. The monoisotopic (exact) mass is 263 g/mol. The first-order valence-electron chi connectivity index (χ1n) is 6.80. The Balaban J connectivity index is 2.05. The van der Waals surface area contributed by atoms with E-state index in [2.05, 4.69) is 11.9 Å². The minimum atomic E-state index is -0.677. The lowest BCUT2D eigenvalue weighted by Crippen LogP contribution is -2.46. The van der Waals surface area contributed by atoms with E-state index in [1.54, 1.807) is 7.11 Å². The molecule has 19 heavy (non-hydrogen) atoms. The molecule has 0 radical (unpaired) electrons. The molecule has 1 saturated heterocycles. The maximum atomic E-state index is 12.5. The fraction of sp³-hybridized carbons (Fsp3) is 0.600. The van der Waals surface area contributed by atoms with Crippen LogP contribution in [-0.2, 0) is 27.1 Å². The summed E-state index contributed by atoms with van der Waals surface area (Å²) < 4.78 is 10.8. The maximum absolute atomic E-state index is 12.5. The maximum Gasteiger partial charge on any atom is 0.170 e. The van der Waals surface area contributed by atoms with Crippen molar-refractivity contribution in [1.82, 2.24) is 4.98 Å². The van der Waals surface area contributed by atoms with Gasteiger partial charge in [-0.25, -0.2) is 0 Å². The zero-order valence-electron chi connectivity index (χ0n) is 11.6. The van der Waals surface area contributed by atoms with Gasteiger partial charge in [-0.3, -0.25) is 9.78 Å². The van der Waals surface area contributed by atoms with Crippen LogP contribution >= 0.6 is 0 Å². The van der Waals surface area contributed by atoms with Crippen molar-refractivity contribution in [2.45, 2.75) is 38.2 Å². The SMILES string of the molecule is CCc1ccc(CC(=O)C2(OC)CCOCC2)nc1. The van der Waals surface area contributed by atoms with Crippen molar-refractivity contribution < 1.29 is 14.3 Å². The summed E-state index contributed by atoms with van der Waals surface area (Å²) in [6.45, 7) is 3.26. The summed E-state index contributed by atoms with van der Waals surface area (Å²) in [7, 11) is 1.61. The van der Waals surface area contributed by atoms with Gasteiger partial charge in [-0.1, -0.05) is 13.0 Å². The fourth-order valence-electron chi connectivity index (χ4n) is 2.39. The summed E-state index contributed by atoms with van der Waals surface area (Å²) in [4.78, 5) is 16.8. The highest BCUT2D eigenvalue weighted by molar-refractivity contribution is 5.89. The Morgan fingerprint density at radius 2 is 2.16 bits per heavy atom. The molecule has 0 saturated carbocycles. The van der Waals surface area contributed by atoms with Crippen molar-refractivity contribution in [2.75, 3.05) is 20.3 Å². The highest BCUT2D eigenvalue weighted by Gasteiger charge is 2.39. The van der Waals surface area contributed by atoms with Gasteiger partial charge >= 0.3 is 0 Å². The second kappa shape index (κ2) is 6.26. The topological polar surface area (TPSA) is 48.4 Å². The lowest BCUT2D eigenvalue weighted by Gasteiger charge is -2.34. The second-order valence-corrected chi connectivity index (χ2v) is 4.92. The van der Waals surface area contributed by atoms with E-state index in [1.807, 2.05) is 18.3 Å². The molecule has 1 aliphatic heterocycles. The van der Waals surface area contributed by atoms with E-state index in [0.717, 1.165) is 12.1 Å². The number of ketones is 1. The molecule has 104 valence electrons. The van der Waals surface area contributed by atoms with Gasteiger partial charge in [0, 0.05) is 45.1 Å². The van der Waals surface area contributed by atoms with Crippen LogP contribution in [-0.4, -0.2) is 36.7 Å². The van der Waals surface area contributed by atoms with Crippen molar-refractivity contribution in [3.8, 4) is 0 Å². The molecular formula is C15H21NO3.